The number of rotatable bonds is 1. The lowest BCUT2D eigenvalue weighted by atomic mass is 9.96. The molecule has 1 heterocycles. The Balaban J connectivity index is 2.11. The Labute approximate surface area is 104 Å². The molecule has 0 aromatic heterocycles. The fraction of sp³-hybridized carbons (Fsp3) is 0.214. The number of nitrogens with one attached hydrogen (secondary N) is 1. The molecule has 4 nitrogen and oxygen atoms in total. The van der Waals surface area contributed by atoms with Gasteiger partial charge in [0.05, 0.1) is 12.6 Å². The summed E-state index contributed by atoms with van der Waals surface area (Å²) in [7, 11) is 0. The predicted molar refractivity (Wildman–Crippen MR) is 67.5 cm³/mol. The van der Waals surface area contributed by atoms with E-state index < -0.39 is 0 Å². The van der Waals surface area contributed by atoms with Crippen LogP contribution in [0.4, 0.5) is 4.79 Å². The molecule has 0 saturated carbocycles. The van der Waals surface area contributed by atoms with Crippen molar-refractivity contribution in [3.05, 3.63) is 42.0 Å². The molecule has 3 rings (SSSR count). The van der Waals surface area contributed by atoms with Crippen molar-refractivity contribution >= 4 is 16.9 Å². The summed E-state index contributed by atoms with van der Waals surface area (Å²) in [5.74, 6) is 0.257. The van der Waals surface area contributed by atoms with Gasteiger partial charge in [0.15, 0.2) is 0 Å². The number of benzene rings is 2. The second-order valence-corrected chi connectivity index (χ2v) is 4.34. The van der Waals surface area contributed by atoms with E-state index in [2.05, 4.69) is 5.32 Å². The molecule has 4 heteroatoms. The average Bonchev–Trinajstić information content (AvgIpc) is 2.39. The molecule has 2 aromatic rings. The normalized spacial score (nSPS) is 19.3. The Morgan fingerprint density at radius 2 is 1.94 bits per heavy atom. The Morgan fingerprint density at radius 1 is 1.17 bits per heavy atom. The van der Waals surface area contributed by atoms with Gasteiger partial charge >= 0.3 is 6.09 Å². The van der Waals surface area contributed by atoms with Crippen molar-refractivity contribution in [1.82, 2.24) is 5.32 Å². The Morgan fingerprint density at radius 3 is 2.72 bits per heavy atom. The maximum Gasteiger partial charge on any atom is 0.407 e. The van der Waals surface area contributed by atoms with E-state index in [4.69, 9.17) is 4.74 Å². The molecule has 1 saturated heterocycles. The van der Waals surface area contributed by atoms with E-state index in [1.54, 1.807) is 6.07 Å². The molecule has 18 heavy (non-hydrogen) atoms. The lowest BCUT2D eigenvalue weighted by molar-refractivity contribution is 0.116. The van der Waals surface area contributed by atoms with Crippen LogP contribution in [-0.2, 0) is 4.74 Å². The molecule has 0 spiro atoms. The van der Waals surface area contributed by atoms with E-state index in [0.717, 1.165) is 22.8 Å². The standard InChI is InChI=1S/C14H13NO3/c16-13-6-5-10(9-3-1-2-4-11(9)13)12-7-8-18-14(17)15-12/h1-6,12,16H,7-8H2,(H,15,17)/t12-/m0/s1. The van der Waals surface area contributed by atoms with Crippen molar-refractivity contribution in [2.45, 2.75) is 12.5 Å². The fourth-order valence-electron chi connectivity index (χ4n) is 2.37. The van der Waals surface area contributed by atoms with Gasteiger partial charge in [-0.25, -0.2) is 4.79 Å². The Kier molecular flexibility index (Phi) is 2.55. The summed E-state index contributed by atoms with van der Waals surface area (Å²) in [5, 5.41) is 14.4. The highest BCUT2D eigenvalue weighted by molar-refractivity contribution is 5.91. The van der Waals surface area contributed by atoms with Crippen LogP contribution in [0.1, 0.15) is 18.0 Å². The number of cyclic esters (lactones) is 1. The van der Waals surface area contributed by atoms with Crippen molar-refractivity contribution in [3.8, 4) is 5.75 Å². The van der Waals surface area contributed by atoms with Crippen molar-refractivity contribution in [2.24, 2.45) is 0 Å². The third-order valence-electron chi connectivity index (χ3n) is 3.24. The second kappa shape index (κ2) is 4.22. The van der Waals surface area contributed by atoms with Crippen LogP contribution in [0.2, 0.25) is 0 Å². The molecular formula is C14H13NO3. The van der Waals surface area contributed by atoms with Gasteiger partial charge in [0.2, 0.25) is 0 Å². The van der Waals surface area contributed by atoms with Crippen LogP contribution >= 0.6 is 0 Å². The molecule has 1 aliphatic heterocycles. The van der Waals surface area contributed by atoms with E-state index >= 15 is 0 Å². The quantitative estimate of drug-likeness (QED) is 0.809. The summed E-state index contributed by atoms with van der Waals surface area (Å²) < 4.78 is 4.87. The van der Waals surface area contributed by atoms with Gasteiger partial charge in [-0.2, -0.15) is 0 Å². The minimum Gasteiger partial charge on any atom is -0.507 e. The lowest BCUT2D eigenvalue weighted by Gasteiger charge is -2.25. The summed E-state index contributed by atoms with van der Waals surface area (Å²) in [5.41, 5.74) is 1.01. The first kappa shape index (κ1) is 10.9. The van der Waals surface area contributed by atoms with Gasteiger partial charge in [-0.05, 0) is 17.0 Å². The third kappa shape index (κ3) is 1.76. The molecule has 92 valence electrons. The smallest absolute Gasteiger partial charge is 0.407 e. The van der Waals surface area contributed by atoms with Gasteiger partial charge in [-0.1, -0.05) is 30.3 Å². The van der Waals surface area contributed by atoms with E-state index in [0.29, 0.717) is 6.61 Å². The first-order chi connectivity index (χ1) is 8.75. The molecule has 0 bridgehead atoms. The molecule has 2 N–H and O–H groups in total. The molecule has 0 aliphatic carbocycles. The van der Waals surface area contributed by atoms with Crippen molar-refractivity contribution in [2.75, 3.05) is 6.61 Å². The molecular weight excluding hydrogens is 230 g/mol. The van der Waals surface area contributed by atoms with Crippen LogP contribution in [0, 0.1) is 0 Å². The number of phenolic OH excluding ortho intramolecular Hbond substituents is 1. The first-order valence-corrected chi connectivity index (χ1v) is 5.89. The van der Waals surface area contributed by atoms with E-state index in [-0.39, 0.29) is 17.9 Å². The van der Waals surface area contributed by atoms with Crippen LogP contribution in [0.5, 0.6) is 5.75 Å². The van der Waals surface area contributed by atoms with E-state index in [1.165, 1.54) is 0 Å². The number of phenols is 1. The molecule has 1 amide bonds. The fourth-order valence-corrected chi connectivity index (χ4v) is 2.37. The average molecular weight is 243 g/mol. The minimum absolute atomic E-state index is 0.0586. The third-order valence-corrected chi connectivity index (χ3v) is 3.24. The summed E-state index contributed by atoms with van der Waals surface area (Å²) in [4.78, 5) is 11.3. The Bertz CT molecular complexity index is 609. The van der Waals surface area contributed by atoms with Gasteiger partial charge in [0.1, 0.15) is 5.75 Å². The van der Waals surface area contributed by atoms with Crippen LogP contribution < -0.4 is 5.32 Å². The predicted octanol–water partition coefficient (Wildman–Crippen LogP) is 2.72. The number of ether oxygens (including phenoxy) is 1. The molecule has 1 atom stereocenters. The van der Waals surface area contributed by atoms with Gasteiger partial charge in [0, 0.05) is 11.8 Å². The van der Waals surface area contributed by atoms with E-state index in [1.807, 2.05) is 30.3 Å². The maximum atomic E-state index is 11.3. The van der Waals surface area contributed by atoms with Gasteiger partial charge in [-0.15, -0.1) is 0 Å². The molecule has 1 fully saturated rings. The van der Waals surface area contributed by atoms with Crippen LogP contribution in [0.25, 0.3) is 10.8 Å². The highest BCUT2D eigenvalue weighted by Gasteiger charge is 2.22. The monoisotopic (exact) mass is 243 g/mol. The van der Waals surface area contributed by atoms with Crippen molar-refractivity contribution in [1.29, 1.82) is 0 Å². The number of carbonyl (C=O) groups excluding carboxylic acids is 1. The number of aromatic hydroxyl groups is 1. The molecule has 2 aromatic carbocycles. The van der Waals surface area contributed by atoms with Crippen LogP contribution in [0.3, 0.4) is 0 Å². The Hall–Kier alpha value is -2.23. The SMILES string of the molecule is O=C1N[C@H](c2ccc(O)c3ccccc23)CCO1. The number of carbonyl (C=O) groups is 1. The lowest BCUT2D eigenvalue weighted by Crippen LogP contribution is -2.35. The summed E-state index contributed by atoms with van der Waals surface area (Å²) in [6.45, 7) is 0.422. The summed E-state index contributed by atoms with van der Waals surface area (Å²) in [6, 6.07) is 11.1. The van der Waals surface area contributed by atoms with Gasteiger partial charge in [-0.3, -0.25) is 0 Å². The zero-order valence-electron chi connectivity index (χ0n) is 9.72. The number of amides is 1. The molecule has 0 radical (unpaired) electrons. The summed E-state index contributed by atoms with van der Waals surface area (Å²) >= 11 is 0. The first-order valence-electron chi connectivity index (χ1n) is 5.89. The van der Waals surface area contributed by atoms with Crippen molar-refractivity contribution in [3.63, 3.8) is 0 Å². The van der Waals surface area contributed by atoms with Crippen LogP contribution in [0.15, 0.2) is 36.4 Å². The van der Waals surface area contributed by atoms with Gasteiger partial charge < -0.3 is 15.2 Å². The molecule has 0 unspecified atom stereocenters. The van der Waals surface area contributed by atoms with E-state index in [9.17, 15) is 9.90 Å². The zero-order valence-corrected chi connectivity index (χ0v) is 9.72. The molecule has 1 aliphatic rings. The highest BCUT2D eigenvalue weighted by Crippen LogP contribution is 2.32. The number of hydrogen-bond acceptors (Lipinski definition) is 3. The van der Waals surface area contributed by atoms with Crippen LogP contribution in [-0.4, -0.2) is 17.8 Å². The highest BCUT2D eigenvalue weighted by atomic mass is 16.5. The number of alkyl carbamates (subject to hydrolysis) is 1. The number of hydrogen-bond donors (Lipinski definition) is 2. The topological polar surface area (TPSA) is 58.6 Å². The second-order valence-electron chi connectivity index (χ2n) is 4.34. The minimum atomic E-state index is -0.386. The maximum absolute atomic E-state index is 11.3. The summed E-state index contributed by atoms with van der Waals surface area (Å²) in [6.07, 6.45) is 0.351. The number of fused-ring (bicyclic) bond motifs is 1. The van der Waals surface area contributed by atoms with Crippen molar-refractivity contribution < 1.29 is 14.6 Å². The van der Waals surface area contributed by atoms with Gasteiger partial charge in [0.25, 0.3) is 0 Å². The zero-order chi connectivity index (χ0) is 12.5. The largest absolute Gasteiger partial charge is 0.507 e.